The van der Waals surface area contributed by atoms with E-state index in [1.54, 1.807) is 6.20 Å². The van der Waals surface area contributed by atoms with Gasteiger partial charge in [0.05, 0.1) is 17.8 Å². The lowest BCUT2D eigenvalue weighted by molar-refractivity contribution is -0.123. The molecule has 1 aromatic carbocycles. The van der Waals surface area contributed by atoms with E-state index in [1.807, 2.05) is 42.6 Å². The molecule has 6 heteroatoms. The summed E-state index contributed by atoms with van der Waals surface area (Å²) in [5.41, 5.74) is 3.24. The van der Waals surface area contributed by atoms with E-state index in [-0.39, 0.29) is 11.9 Å². The molecule has 1 amide bonds. The molecule has 4 rings (SSSR count). The van der Waals surface area contributed by atoms with Crippen LogP contribution in [0.25, 0.3) is 10.9 Å². The molecule has 3 N–H and O–H groups in total. The highest BCUT2D eigenvalue weighted by atomic mass is 16.3. The second-order valence-corrected chi connectivity index (χ2v) is 7.45. The normalized spacial score (nSPS) is 20.3. The zero-order chi connectivity index (χ0) is 19.3. The number of hydrogen-bond donors (Lipinski definition) is 3. The summed E-state index contributed by atoms with van der Waals surface area (Å²) < 4.78 is 0. The fourth-order valence-corrected chi connectivity index (χ4v) is 3.90. The van der Waals surface area contributed by atoms with Crippen molar-refractivity contribution in [3.05, 3.63) is 66.1 Å². The minimum atomic E-state index is -0.561. The molecule has 28 heavy (non-hydrogen) atoms. The van der Waals surface area contributed by atoms with E-state index in [0.29, 0.717) is 19.4 Å². The van der Waals surface area contributed by atoms with Crippen molar-refractivity contribution >= 4 is 16.8 Å². The smallest absolute Gasteiger partial charge is 0.220 e. The van der Waals surface area contributed by atoms with Crippen molar-refractivity contribution in [1.29, 1.82) is 0 Å². The maximum atomic E-state index is 12.4. The Morgan fingerprint density at radius 3 is 2.93 bits per heavy atom. The van der Waals surface area contributed by atoms with Crippen LogP contribution in [0.5, 0.6) is 0 Å². The Labute approximate surface area is 164 Å². The van der Waals surface area contributed by atoms with Crippen molar-refractivity contribution in [3.8, 4) is 0 Å². The molecule has 0 radical (unpaired) electrons. The molecule has 0 bridgehead atoms. The number of para-hydroxylation sites is 1. The highest BCUT2D eigenvalue weighted by Gasteiger charge is 2.28. The van der Waals surface area contributed by atoms with Crippen molar-refractivity contribution in [2.75, 3.05) is 13.1 Å². The predicted molar refractivity (Wildman–Crippen MR) is 109 cm³/mol. The largest absolute Gasteiger partial charge is 0.390 e. The van der Waals surface area contributed by atoms with Gasteiger partial charge in [0.2, 0.25) is 5.91 Å². The van der Waals surface area contributed by atoms with Crippen LogP contribution in [0.15, 0.2) is 54.9 Å². The number of rotatable bonds is 6. The number of aromatic nitrogens is 2. The van der Waals surface area contributed by atoms with E-state index < -0.39 is 6.10 Å². The van der Waals surface area contributed by atoms with Crippen LogP contribution in [0.1, 0.15) is 24.1 Å². The first-order valence-electron chi connectivity index (χ1n) is 9.84. The first-order chi connectivity index (χ1) is 13.7. The van der Waals surface area contributed by atoms with Crippen molar-refractivity contribution in [2.24, 2.45) is 0 Å². The molecule has 1 saturated heterocycles. The van der Waals surface area contributed by atoms with E-state index in [0.717, 1.165) is 41.7 Å². The first kappa shape index (κ1) is 18.7. The van der Waals surface area contributed by atoms with Gasteiger partial charge in [-0.1, -0.05) is 24.3 Å². The van der Waals surface area contributed by atoms with Gasteiger partial charge in [-0.3, -0.25) is 14.7 Å². The van der Waals surface area contributed by atoms with Gasteiger partial charge in [0.15, 0.2) is 0 Å². The Kier molecular flexibility index (Phi) is 5.69. The number of aryl methyl sites for hydroxylation is 1. The van der Waals surface area contributed by atoms with Crippen molar-refractivity contribution in [3.63, 3.8) is 0 Å². The molecule has 146 valence electrons. The van der Waals surface area contributed by atoms with Crippen LogP contribution in [0.4, 0.5) is 0 Å². The maximum Gasteiger partial charge on any atom is 0.220 e. The van der Waals surface area contributed by atoms with Crippen LogP contribution >= 0.6 is 0 Å². The van der Waals surface area contributed by atoms with E-state index >= 15 is 0 Å². The summed E-state index contributed by atoms with van der Waals surface area (Å²) in [6.45, 7) is 2.10. The molecule has 0 saturated carbocycles. The molecule has 1 aliphatic heterocycles. The van der Waals surface area contributed by atoms with Crippen LogP contribution in [0.2, 0.25) is 0 Å². The molecule has 1 fully saturated rings. The molecule has 6 nitrogen and oxygen atoms in total. The van der Waals surface area contributed by atoms with Gasteiger partial charge in [0.25, 0.3) is 0 Å². The van der Waals surface area contributed by atoms with E-state index in [4.69, 9.17) is 0 Å². The Balaban J connectivity index is 1.26. The number of nitrogens with zero attached hydrogens (tertiary/aromatic N) is 2. The van der Waals surface area contributed by atoms with Crippen molar-refractivity contribution in [1.82, 2.24) is 20.2 Å². The standard InChI is InChI=1S/C22H26N4O2/c27-21-15-26(14-17-5-3-4-11-23-17)12-10-20(21)25-22(28)9-8-16-13-24-19-7-2-1-6-18(16)19/h1-7,11,13,20-21,24,27H,8-10,12,14-15H2,(H,25,28)/t20-,21-/m1/s1. The third-order valence-electron chi connectivity index (χ3n) is 5.42. The van der Waals surface area contributed by atoms with Gasteiger partial charge in [0.1, 0.15) is 0 Å². The topological polar surface area (TPSA) is 81.2 Å². The molecule has 0 spiro atoms. The number of likely N-dealkylation sites (tertiary alicyclic amines) is 1. The maximum absolute atomic E-state index is 12.4. The van der Waals surface area contributed by atoms with Crippen LogP contribution in [0, 0.1) is 0 Å². The Morgan fingerprint density at radius 1 is 1.25 bits per heavy atom. The monoisotopic (exact) mass is 378 g/mol. The van der Waals surface area contributed by atoms with Crippen LogP contribution < -0.4 is 5.32 Å². The number of hydrogen-bond acceptors (Lipinski definition) is 4. The summed E-state index contributed by atoms with van der Waals surface area (Å²) >= 11 is 0. The summed E-state index contributed by atoms with van der Waals surface area (Å²) in [5.74, 6) is -0.00694. The Morgan fingerprint density at radius 2 is 2.11 bits per heavy atom. The fraction of sp³-hybridized carbons (Fsp3) is 0.364. The lowest BCUT2D eigenvalue weighted by Crippen LogP contribution is -2.53. The van der Waals surface area contributed by atoms with Gasteiger partial charge in [0, 0.05) is 49.4 Å². The lowest BCUT2D eigenvalue weighted by atomic mass is 10.0. The minimum Gasteiger partial charge on any atom is -0.390 e. The summed E-state index contributed by atoms with van der Waals surface area (Å²) in [5, 5.41) is 14.7. The summed E-state index contributed by atoms with van der Waals surface area (Å²) in [7, 11) is 0. The zero-order valence-corrected chi connectivity index (χ0v) is 15.8. The third-order valence-corrected chi connectivity index (χ3v) is 5.42. The number of aliphatic hydroxyl groups excluding tert-OH is 1. The van der Waals surface area contributed by atoms with Crippen molar-refractivity contribution < 1.29 is 9.90 Å². The van der Waals surface area contributed by atoms with Gasteiger partial charge in [-0.05, 0) is 36.6 Å². The summed E-state index contributed by atoms with van der Waals surface area (Å²) in [6.07, 6.45) is 5.05. The predicted octanol–water partition coefficient (Wildman–Crippen LogP) is 2.25. The van der Waals surface area contributed by atoms with Gasteiger partial charge >= 0.3 is 0 Å². The van der Waals surface area contributed by atoms with Crippen LogP contribution in [0.3, 0.4) is 0 Å². The SMILES string of the molecule is O=C(CCc1c[nH]c2ccccc12)N[C@@H]1CCN(Cc2ccccn2)C[C@H]1O. The number of fused-ring (bicyclic) bond motifs is 1. The highest BCUT2D eigenvalue weighted by molar-refractivity contribution is 5.84. The van der Waals surface area contributed by atoms with E-state index in [9.17, 15) is 9.90 Å². The molecular formula is C22H26N4O2. The molecule has 0 unspecified atom stereocenters. The second-order valence-electron chi connectivity index (χ2n) is 7.45. The number of carbonyl (C=O) groups is 1. The number of β-amino-alcohol motifs (C(OH)–C–C–N with tert-alkyl or cyclic N) is 1. The number of H-pyrrole nitrogens is 1. The second kappa shape index (κ2) is 8.54. The van der Waals surface area contributed by atoms with Crippen molar-refractivity contribution in [2.45, 2.75) is 38.0 Å². The molecular weight excluding hydrogens is 352 g/mol. The third kappa shape index (κ3) is 4.40. The number of aromatic amines is 1. The zero-order valence-electron chi connectivity index (χ0n) is 15.8. The Hall–Kier alpha value is -2.70. The number of nitrogens with one attached hydrogen (secondary N) is 2. The quantitative estimate of drug-likeness (QED) is 0.615. The minimum absolute atomic E-state index is 0.00694. The average molecular weight is 378 g/mol. The molecule has 3 aromatic rings. The average Bonchev–Trinajstić information content (AvgIpc) is 3.12. The Bertz CT molecular complexity index is 924. The molecule has 0 aliphatic carbocycles. The summed E-state index contributed by atoms with van der Waals surface area (Å²) in [6, 6.07) is 13.8. The summed E-state index contributed by atoms with van der Waals surface area (Å²) in [4.78, 5) is 22.2. The van der Waals surface area contributed by atoms with E-state index in [2.05, 4.69) is 26.3 Å². The number of carbonyl (C=O) groups excluding carboxylic acids is 1. The highest BCUT2D eigenvalue weighted by Crippen LogP contribution is 2.19. The van der Waals surface area contributed by atoms with Gasteiger partial charge in [-0.15, -0.1) is 0 Å². The number of piperidine rings is 1. The van der Waals surface area contributed by atoms with Crippen LogP contribution in [-0.2, 0) is 17.8 Å². The molecule has 1 aliphatic rings. The lowest BCUT2D eigenvalue weighted by Gasteiger charge is -2.36. The number of amides is 1. The van der Waals surface area contributed by atoms with Crippen LogP contribution in [-0.4, -0.2) is 51.1 Å². The molecule has 3 heterocycles. The fourth-order valence-electron chi connectivity index (χ4n) is 3.90. The number of aliphatic hydroxyl groups is 1. The first-order valence-corrected chi connectivity index (χ1v) is 9.84. The van der Waals surface area contributed by atoms with Gasteiger partial charge < -0.3 is 15.4 Å². The molecule has 2 atom stereocenters. The number of benzene rings is 1. The molecule has 2 aromatic heterocycles. The van der Waals surface area contributed by atoms with Gasteiger partial charge in [-0.2, -0.15) is 0 Å². The van der Waals surface area contributed by atoms with Gasteiger partial charge in [-0.25, -0.2) is 0 Å². The number of pyridine rings is 1. The van der Waals surface area contributed by atoms with E-state index in [1.165, 1.54) is 0 Å².